The Bertz CT molecular complexity index is 166. The molecule has 0 amide bonds. The van der Waals surface area contributed by atoms with Crippen LogP contribution >= 0.6 is 23.2 Å². The van der Waals surface area contributed by atoms with Gasteiger partial charge in [-0.1, -0.05) is 12.2 Å². The molecule has 0 N–H and O–H groups in total. The summed E-state index contributed by atoms with van der Waals surface area (Å²) in [7, 11) is 0. The lowest BCUT2D eigenvalue weighted by Crippen LogP contribution is -1.89. The van der Waals surface area contributed by atoms with Crippen LogP contribution in [0.1, 0.15) is 25.7 Å². The van der Waals surface area contributed by atoms with Crippen molar-refractivity contribution >= 4 is 23.2 Å². The summed E-state index contributed by atoms with van der Waals surface area (Å²) in [5, 5.41) is 0. The zero-order valence-electron chi connectivity index (χ0n) is 6.39. The maximum absolute atomic E-state index is 6.10. The van der Waals surface area contributed by atoms with Gasteiger partial charge in [0.25, 0.3) is 0 Å². The van der Waals surface area contributed by atoms with E-state index in [0.29, 0.717) is 11.8 Å². The Morgan fingerprint density at radius 3 is 1.91 bits per heavy atom. The first kappa shape index (κ1) is 7.94. The van der Waals surface area contributed by atoms with E-state index in [2.05, 4.69) is 12.2 Å². The van der Waals surface area contributed by atoms with E-state index >= 15 is 0 Å². The predicted octanol–water partition coefficient (Wildman–Crippen LogP) is 3.54. The molecule has 0 unspecified atom stereocenters. The summed E-state index contributed by atoms with van der Waals surface area (Å²) in [5.41, 5.74) is 0. The molecule has 62 valence electrons. The van der Waals surface area contributed by atoms with Crippen LogP contribution in [-0.4, -0.2) is 4.33 Å². The van der Waals surface area contributed by atoms with Crippen molar-refractivity contribution in [2.75, 3.05) is 0 Å². The maximum Gasteiger partial charge on any atom is 0.124 e. The highest BCUT2D eigenvalue weighted by Crippen LogP contribution is 2.63. The van der Waals surface area contributed by atoms with Gasteiger partial charge in [-0.25, -0.2) is 0 Å². The molecule has 0 heterocycles. The van der Waals surface area contributed by atoms with E-state index in [-0.39, 0.29) is 4.33 Å². The fraction of sp³-hybridized carbons (Fsp3) is 0.778. The number of allylic oxidation sites excluding steroid dienone is 2. The summed E-state index contributed by atoms with van der Waals surface area (Å²) in [6.45, 7) is 0. The fourth-order valence-electron chi connectivity index (χ4n) is 2.04. The Morgan fingerprint density at radius 1 is 1.00 bits per heavy atom. The second kappa shape index (κ2) is 2.67. The van der Waals surface area contributed by atoms with Gasteiger partial charge >= 0.3 is 0 Å². The first-order valence-electron chi connectivity index (χ1n) is 4.25. The molecule has 0 aliphatic heterocycles. The lowest BCUT2D eigenvalue weighted by atomic mass is 10.1. The van der Waals surface area contributed by atoms with Gasteiger partial charge in [0.05, 0.1) is 0 Å². The molecule has 0 aromatic carbocycles. The third kappa shape index (κ3) is 1.31. The number of rotatable bonds is 0. The molecule has 2 heteroatoms. The summed E-state index contributed by atoms with van der Waals surface area (Å²) in [5.74, 6) is 1.16. The van der Waals surface area contributed by atoms with E-state index < -0.39 is 0 Å². The van der Waals surface area contributed by atoms with Gasteiger partial charge in [0.1, 0.15) is 4.33 Å². The Kier molecular flexibility index (Phi) is 1.93. The first-order chi connectivity index (χ1) is 5.23. The van der Waals surface area contributed by atoms with Crippen LogP contribution in [0, 0.1) is 11.8 Å². The van der Waals surface area contributed by atoms with E-state index in [0.717, 1.165) is 12.8 Å². The monoisotopic (exact) mass is 190 g/mol. The quantitative estimate of drug-likeness (QED) is 0.405. The van der Waals surface area contributed by atoms with Crippen molar-refractivity contribution in [2.45, 2.75) is 30.0 Å². The highest BCUT2D eigenvalue weighted by molar-refractivity contribution is 6.51. The van der Waals surface area contributed by atoms with Crippen molar-refractivity contribution in [1.82, 2.24) is 0 Å². The number of hydrogen-bond donors (Lipinski definition) is 0. The summed E-state index contributed by atoms with van der Waals surface area (Å²) in [4.78, 5) is 0. The van der Waals surface area contributed by atoms with Crippen LogP contribution in [0.2, 0.25) is 0 Å². The van der Waals surface area contributed by atoms with Crippen molar-refractivity contribution in [3.8, 4) is 0 Å². The Balaban J connectivity index is 2.02. The van der Waals surface area contributed by atoms with E-state index in [1.165, 1.54) is 12.8 Å². The molecule has 2 atom stereocenters. The van der Waals surface area contributed by atoms with Gasteiger partial charge in [0.15, 0.2) is 0 Å². The molecular weight excluding hydrogens is 179 g/mol. The summed E-state index contributed by atoms with van der Waals surface area (Å²) >= 11 is 12.2. The van der Waals surface area contributed by atoms with Crippen molar-refractivity contribution < 1.29 is 0 Å². The Labute approximate surface area is 77.6 Å². The van der Waals surface area contributed by atoms with E-state index in [1.54, 1.807) is 0 Å². The standard InChI is InChI=1S/C9H12Cl2/c10-9(11)7-5-3-1-2-4-6-8(7)9/h1-2,7-8H,3-6H2/t7-,8-/m1/s1. The maximum atomic E-state index is 6.10. The van der Waals surface area contributed by atoms with Gasteiger partial charge in [0.2, 0.25) is 0 Å². The topological polar surface area (TPSA) is 0 Å². The normalized spacial score (nSPS) is 40.5. The zero-order chi connectivity index (χ0) is 7.90. The van der Waals surface area contributed by atoms with Gasteiger partial charge in [-0.2, -0.15) is 0 Å². The van der Waals surface area contributed by atoms with Gasteiger partial charge in [-0.05, 0) is 37.5 Å². The number of alkyl halides is 2. The summed E-state index contributed by atoms with van der Waals surface area (Å²) < 4.78 is -0.369. The van der Waals surface area contributed by atoms with Crippen LogP contribution < -0.4 is 0 Å². The molecule has 0 aromatic heterocycles. The molecular formula is C9H12Cl2. The van der Waals surface area contributed by atoms with Crippen LogP contribution in [0.25, 0.3) is 0 Å². The van der Waals surface area contributed by atoms with Gasteiger partial charge in [-0.3, -0.25) is 0 Å². The van der Waals surface area contributed by atoms with E-state index in [4.69, 9.17) is 23.2 Å². The van der Waals surface area contributed by atoms with Crippen molar-refractivity contribution in [2.24, 2.45) is 11.8 Å². The molecule has 0 nitrogen and oxygen atoms in total. The van der Waals surface area contributed by atoms with E-state index in [9.17, 15) is 0 Å². The van der Waals surface area contributed by atoms with Crippen LogP contribution in [-0.2, 0) is 0 Å². The number of hydrogen-bond acceptors (Lipinski definition) is 0. The van der Waals surface area contributed by atoms with Crippen molar-refractivity contribution in [3.05, 3.63) is 12.2 Å². The lowest BCUT2D eigenvalue weighted by molar-refractivity contribution is 0.605. The van der Waals surface area contributed by atoms with Crippen LogP contribution in [0.4, 0.5) is 0 Å². The Hall–Kier alpha value is 0.320. The number of fused-ring (bicyclic) bond motifs is 1. The smallest absolute Gasteiger partial charge is 0.101 e. The molecule has 1 saturated carbocycles. The zero-order valence-corrected chi connectivity index (χ0v) is 7.91. The van der Waals surface area contributed by atoms with Crippen molar-refractivity contribution in [1.29, 1.82) is 0 Å². The molecule has 11 heavy (non-hydrogen) atoms. The Morgan fingerprint density at radius 2 is 1.45 bits per heavy atom. The van der Waals surface area contributed by atoms with Crippen molar-refractivity contribution in [3.63, 3.8) is 0 Å². The lowest BCUT2D eigenvalue weighted by Gasteiger charge is -1.98. The highest BCUT2D eigenvalue weighted by atomic mass is 35.5. The molecule has 0 radical (unpaired) electrons. The average molecular weight is 191 g/mol. The van der Waals surface area contributed by atoms with E-state index in [1.807, 2.05) is 0 Å². The summed E-state index contributed by atoms with van der Waals surface area (Å²) in [6, 6.07) is 0. The number of halogens is 2. The third-order valence-corrected chi connectivity index (χ3v) is 3.94. The molecule has 1 fully saturated rings. The summed E-state index contributed by atoms with van der Waals surface area (Å²) in [6.07, 6.45) is 9.16. The minimum absolute atomic E-state index is 0.369. The van der Waals surface area contributed by atoms with Gasteiger partial charge in [-0.15, -0.1) is 23.2 Å². The largest absolute Gasteiger partial charge is 0.124 e. The molecule has 2 aliphatic rings. The van der Waals surface area contributed by atoms with Crippen LogP contribution in [0.15, 0.2) is 12.2 Å². The minimum atomic E-state index is -0.369. The average Bonchev–Trinajstić information content (AvgIpc) is 2.29. The van der Waals surface area contributed by atoms with Gasteiger partial charge in [0, 0.05) is 0 Å². The third-order valence-electron chi connectivity index (χ3n) is 2.82. The highest BCUT2D eigenvalue weighted by Gasteiger charge is 2.61. The first-order valence-corrected chi connectivity index (χ1v) is 5.01. The SMILES string of the molecule is ClC1(Cl)[C@@H]2CCC=CCC[C@H]21. The molecule has 0 bridgehead atoms. The predicted molar refractivity (Wildman–Crippen MR) is 49.0 cm³/mol. The molecule has 2 rings (SSSR count). The molecule has 0 saturated heterocycles. The second-order valence-corrected chi connectivity index (χ2v) is 4.96. The van der Waals surface area contributed by atoms with Crippen LogP contribution in [0.3, 0.4) is 0 Å². The molecule has 2 aliphatic carbocycles. The minimum Gasteiger partial charge on any atom is -0.101 e. The fourth-order valence-corrected chi connectivity index (χ4v) is 2.95. The second-order valence-electron chi connectivity index (χ2n) is 3.51. The molecule has 0 spiro atoms. The van der Waals surface area contributed by atoms with Gasteiger partial charge < -0.3 is 0 Å². The molecule has 0 aromatic rings. The van der Waals surface area contributed by atoms with Crippen LogP contribution in [0.5, 0.6) is 0 Å².